The molecule has 5 atom stereocenters. The van der Waals surface area contributed by atoms with E-state index in [1.54, 1.807) is 49.4 Å². The van der Waals surface area contributed by atoms with Crippen molar-refractivity contribution in [3.8, 4) is 6.07 Å². The van der Waals surface area contributed by atoms with Gasteiger partial charge in [0.1, 0.15) is 12.3 Å². The number of rotatable bonds is 5. The minimum absolute atomic E-state index is 0.0618. The summed E-state index contributed by atoms with van der Waals surface area (Å²) in [6.45, 7) is 3.45. The number of benzene rings is 3. The summed E-state index contributed by atoms with van der Waals surface area (Å²) < 4.78 is 28.6. The largest absolute Gasteiger partial charge is 0.377 e. The van der Waals surface area contributed by atoms with Gasteiger partial charge in [-0.3, -0.25) is 10.1 Å². The quantitative estimate of drug-likeness (QED) is 0.425. The Bertz CT molecular complexity index is 1350. The standard InChI is InChI=1S/C26H25N3O5S/c1-17-8-14-22(15-9-17)35(33,34)28-24(21-12-10-19(16-27)11-13-21)25(29(31)32)23(18(2)26(28)30)20-6-4-3-5-7-20/h3-15,18,23-26,30H,1-2H3/t18-,23+,24-,25+,26?/m1/s1. The van der Waals surface area contributed by atoms with Crippen molar-refractivity contribution in [1.29, 1.82) is 5.26 Å². The van der Waals surface area contributed by atoms with Crippen LogP contribution in [0, 0.1) is 34.3 Å². The van der Waals surface area contributed by atoms with Gasteiger partial charge in [0.05, 0.1) is 22.4 Å². The average molecular weight is 492 g/mol. The highest BCUT2D eigenvalue weighted by Crippen LogP contribution is 2.48. The Morgan fingerprint density at radius 2 is 1.57 bits per heavy atom. The molecule has 1 N–H and O–H groups in total. The topological polar surface area (TPSA) is 125 Å². The fourth-order valence-electron chi connectivity index (χ4n) is 4.88. The molecule has 0 aromatic heterocycles. The minimum Gasteiger partial charge on any atom is -0.377 e. The first-order chi connectivity index (χ1) is 16.7. The lowest BCUT2D eigenvalue weighted by molar-refractivity contribution is -0.542. The predicted octanol–water partition coefficient (Wildman–Crippen LogP) is 4.00. The van der Waals surface area contributed by atoms with Crippen LogP contribution in [0.25, 0.3) is 0 Å². The smallest absolute Gasteiger partial charge is 0.246 e. The van der Waals surface area contributed by atoms with Gasteiger partial charge in [0, 0.05) is 10.8 Å². The first-order valence-electron chi connectivity index (χ1n) is 11.1. The van der Waals surface area contributed by atoms with Crippen LogP contribution in [0.5, 0.6) is 0 Å². The lowest BCUT2D eigenvalue weighted by atomic mass is 9.73. The molecule has 0 aliphatic carbocycles. The van der Waals surface area contributed by atoms with Crippen LogP contribution in [0.15, 0.2) is 83.8 Å². The van der Waals surface area contributed by atoms with Gasteiger partial charge in [-0.1, -0.05) is 67.1 Å². The fourth-order valence-corrected chi connectivity index (χ4v) is 6.63. The Kier molecular flexibility index (Phi) is 6.72. The number of aliphatic hydroxyl groups excluding tert-OH is 1. The van der Waals surface area contributed by atoms with Crippen molar-refractivity contribution < 1.29 is 18.4 Å². The summed E-state index contributed by atoms with van der Waals surface area (Å²) in [5.41, 5.74) is 2.16. The van der Waals surface area contributed by atoms with Gasteiger partial charge in [-0.2, -0.15) is 9.57 Å². The van der Waals surface area contributed by atoms with Crippen LogP contribution in [-0.2, 0) is 10.0 Å². The number of nitriles is 1. The SMILES string of the molecule is Cc1ccc(S(=O)(=O)N2C(O)[C@H](C)[C@@H](c3ccccc3)[C@H]([N+](=O)[O-])[C@H]2c2ccc(C#N)cc2)cc1. The number of piperidine rings is 1. The number of hydrogen-bond acceptors (Lipinski definition) is 6. The normalized spacial score (nSPS) is 25.0. The van der Waals surface area contributed by atoms with Crippen LogP contribution in [-0.4, -0.2) is 35.0 Å². The van der Waals surface area contributed by atoms with E-state index in [1.807, 2.05) is 13.0 Å². The maximum absolute atomic E-state index is 13.9. The van der Waals surface area contributed by atoms with Crippen molar-refractivity contribution in [2.45, 2.75) is 43.0 Å². The van der Waals surface area contributed by atoms with E-state index in [0.29, 0.717) is 16.7 Å². The summed E-state index contributed by atoms with van der Waals surface area (Å²) in [7, 11) is -4.33. The van der Waals surface area contributed by atoms with Crippen LogP contribution >= 0.6 is 0 Å². The van der Waals surface area contributed by atoms with Gasteiger partial charge in [0.25, 0.3) is 0 Å². The van der Waals surface area contributed by atoms with Crippen molar-refractivity contribution in [3.63, 3.8) is 0 Å². The van der Waals surface area contributed by atoms with E-state index in [9.17, 15) is 28.9 Å². The maximum atomic E-state index is 13.9. The number of nitrogens with zero attached hydrogens (tertiary/aromatic N) is 3. The summed E-state index contributed by atoms with van der Waals surface area (Å²) >= 11 is 0. The molecular weight excluding hydrogens is 466 g/mol. The van der Waals surface area contributed by atoms with Crippen LogP contribution in [0.4, 0.5) is 0 Å². The zero-order valence-electron chi connectivity index (χ0n) is 19.2. The Labute approximate surface area is 204 Å². The molecule has 4 rings (SSSR count). The van der Waals surface area contributed by atoms with Crippen molar-refractivity contribution in [2.24, 2.45) is 5.92 Å². The molecule has 1 heterocycles. The van der Waals surface area contributed by atoms with Crippen molar-refractivity contribution in [3.05, 3.63) is 111 Å². The first-order valence-corrected chi connectivity index (χ1v) is 12.6. The van der Waals surface area contributed by atoms with Gasteiger partial charge >= 0.3 is 0 Å². The molecule has 180 valence electrons. The highest BCUT2D eigenvalue weighted by molar-refractivity contribution is 7.89. The van der Waals surface area contributed by atoms with Crippen molar-refractivity contribution in [1.82, 2.24) is 4.31 Å². The molecule has 0 amide bonds. The summed E-state index contributed by atoms with van der Waals surface area (Å²) in [6.07, 6.45) is -1.52. The molecule has 9 heteroatoms. The lowest BCUT2D eigenvalue weighted by Crippen LogP contribution is -2.59. The van der Waals surface area contributed by atoms with Gasteiger partial charge in [0.2, 0.25) is 16.1 Å². The van der Waals surface area contributed by atoms with E-state index < -0.39 is 45.1 Å². The van der Waals surface area contributed by atoms with Gasteiger partial charge in [-0.05, 0) is 42.3 Å². The van der Waals surface area contributed by atoms with Gasteiger partial charge in [0.15, 0.2) is 0 Å². The molecule has 3 aromatic carbocycles. The van der Waals surface area contributed by atoms with E-state index in [2.05, 4.69) is 0 Å². The first kappa shape index (κ1) is 24.5. The third-order valence-corrected chi connectivity index (χ3v) is 8.53. The van der Waals surface area contributed by atoms with Crippen LogP contribution < -0.4 is 0 Å². The number of sulfonamides is 1. The van der Waals surface area contributed by atoms with Gasteiger partial charge in [-0.15, -0.1) is 0 Å². The highest BCUT2D eigenvalue weighted by atomic mass is 32.2. The second kappa shape index (κ2) is 9.58. The molecule has 3 aromatic rings. The number of nitro groups is 1. The monoisotopic (exact) mass is 491 g/mol. The minimum atomic E-state index is -4.33. The molecule has 1 unspecified atom stereocenters. The molecule has 0 spiro atoms. The summed E-state index contributed by atoms with van der Waals surface area (Å²) in [5.74, 6) is -1.53. The lowest BCUT2D eigenvalue weighted by Gasteiger charge is -2.46. The Morgan fingerprint density at radius 3 is 2.11 bits per heavy atom. The van der Waals surface area contributed by atoms with Crippen LogP contribution in [0.3, 0.4) is 0 Å². The third-order valence-electron chi connectivity index (χ3n) is 6.67. The van der Waals surface area contributed by atoms with E-state index >= 15 is 0 Å². The zero-order chi connectivity index (χ0) is 25.3. The predicted molar refractivity (Wildman–Crippen MR) is 129 cm³/mol. The zero-order valence-corrected chi connectivity index (χ0v) is 20.0. The average Bonchev–Trinajstić information content (AvgIpc) is 2.85. The van der Waals surface area contributed by atoms with Gasteiger partial charge in [-0.25, -0.2) is 8.42 Å². The van der Waals surface area contributed by atoms with Crippen molar-refractivity contribution in [2.75, 3.05) is 0 Å². The Hall–Kier alpha value is -3.58. The molecule has 0 saturated carbocycles. The second-order valence-electron chi connectivity index (χ2n) is 8.81. The summed E-state index contributed by atoms with van der Waals surface area (Å²) in [6, 6.07) is 20.3. The second-order valence-corrected chi connectivity index (χ2v) is 10.7. The molecule has 8 nitrogen and oxygen atoms in total. The van der Waals surface area contributed by atoms with Gasteiger partial charge < -0.3 is 5.11 Å². The Balaban J connectivity index is 1.95. The number of hydrogen-bond donors (Lipinski definition) is 1. The molecular formula is C26H25N3O5S. The van der Waals surface area contributed by atoms with E-state index in [0.717, 1.165) is 9.87 Å². The van der Waals surface area contributed by atoms with E-state index in [4.69, 9.17) is 0 Å². The summed E-state index contributed by atoms with van der Waals surface area (Å²) in [4.78, 5) is 12.1. The highest BCUT2D eigenvalue weighted by Gasteiger charge is 2.58. The van der Waals surface area contributed by atoms with E-state index in [1.165, 1.54) is 36.4 Å². The summed E-state index contributed by atoms with van der Waals surface area (Å²) in [5, 5.41) is 33.2. The fraction of sp³-hybridized carbons (Fsp3) is 0.269. The molecule has 1 saturated heterocycles. The molecule has 1 aliphatic rings. The Morgan fingerprint density at radius 1 is 0.971 bits per heavy atom. The molecule has 35 heavy (non-hydrogen) atoms. The third kappa shape index (κ3) is 4.44. The van der Waals surface area contributed by atoms with Crippen LogP contribution in [0.2, 0.25) is 0 Å². The maximum Gasteiger partial charge on any atom is 0.246 e. The molecule has 1 aliphatic heterocycles. The van der Waals surface area contributed by atoms with E-state index in [-0.39, 0.29) is 4.90 Å². The molecule has 0 bridgehead atoms. The molecule has 1 fully saturated rings. The van der Waals surface area contributed by atoms with Crippen molar-refractivity contribution >= 4 is 10.0 Å². The van der Waals surface area contributed by atoms with Crippen LogP contribution in [0.1, 0.15) is 41.1 Å². The number of aryl methyl sites for hydroxylation is 1. The molecule has 0 radical (unpaired) electrons. The number of aliphatic hydroxyl groups is 1.